The van der Waals surface area contributed by atoms with Crippen molar-refractivity contribution in [2.45, 2.75) is 24.9 Å². The number of hydrogen-bond donors (Lipinski definition) is 2. The zero-order valence-corrected chi connectivity index (χ0v) is 20.9. The largest absolute Gasteiger partial charge is 0.360 e. The third kappa shape index (κ3) is 4.83. The maximum absolute atomic E-state index is 12.9. The van der Waals surface area contributed by atoms with Gasteiger partial charge in [-0.15, -0.1) is 10.2 Å². The number of benzene rings is 3. The lowest BCUT2D eigenvalue weighted by Gasteiger charge is -2.14. The van der Waals surface area contributed by atoms with Crippen molar-refractivity contribution in [3.63, 3.8) is 0 Å². The quantitative estimate of drug-likeness (QED) is 0.237. The Balaban J connectivity index is 1.46. The molecular weight excluding hydrogens is 478 g/mol. The summed E-state index contributed by atoms with van der Waals surface area (Å²) in [5, 5.41) is 14.3. The van der Waals surface area contributed by atoms with Crippen LogP contribution in [0, 0.1) is 0 Å². The molecule has 0 spiro atoms. The number of nitrogens with one attached hydrogen (secondary N) is 2. The molecule has 0 aliphatic rings. The number of anilines is 1. The highest BCUT2D eigenvalue weighted by Gasteiger charge is 2.20. The van der Waals surface area contributed by atoms with E-state index >= 15 is 0 Å². The van der Waals surface area contributed by atoms with E-state index in [1.54, 1.807) is 0 Å². The van der Waals surface area contributed by atoms with Crippen molar-refractivity contribution in [2.75, 3.05) is 11.1 Å². The number of halogens is 1. The van der Waals surface area contributed by atoms with Gasteiger partial charge in [-0.2, -0.15) is 0 Å². The molecule has 3 aromatic carbocycles. The first-order valence-corrected chi connectivity index (χ1v) is 12.7. The van der Waals surface area contributed by atoms with Gasteiger partial charge in [0.2, 0.25) is 5.91 Å². The van der Waals surface area contributed by atoms with E-state index in [2.05, 4.69) is 40.4 Å². The molecule has 5 aromatic rings. The summed E-state index contributed by atoms with van der Waals surface area (Å²) in [5.74, 6) is 1.11. The lowest BCUT2D eigenvalue weighted by atomic mass is 10.0. The number of aromatic nitrogens is 4. The Morgan fingerprint density at radius 3 is 2.57 bits per heavy atom. The molecule has 176 valence electrons. The Bertz CT molecular complexity index is 1490. The summed E-state index contributed by atoms with van der Waals surface area (Å²) in [6.45, 7) is 4.22. The molecule has 0 saturated carbocycles. The van der Waals surface area contributed by atoms with E-state index in [1.807, 2.05) is 77.5 Å². The standard InChI is InChI=1S/C27H24ClN5OS/c1-17(2)20-7-3-6-10-24(20)30-25(34)16-35-27-32-31-26(33(27)19-13-11-18(28)12-14-19)22-15-29-23-9-5-4-8-21(22)23/h3-15,17,29H,16H2,1-2H3,(H,30,34). The SMILES string of the molecule is CC(C)c1ccccc1NC(=O)CSc1nnc(-c2c[nH]c3ccccc23)n1-c1ccc(Cl)cc1. The maximum atomic E-state index is 12.9. The fourth-order valence-electron chi connectivity index (χ4n) is 4.05. The number of rotatable bonds is 7. The monoisotopic (exact) mass is 501 g/mol. The minimum atomic E-state index is -0.0950. The molecule has 0 saturated heterocycles. The lowest BCUT2D eigenvalue weighted by Crippen LogP contribution is -2.16. The molecule has 8 heteroatoms. The predicted octanol–water partition coefficient (Wildman–Crippen LogP) is 6.92. The van der Waals surface area contributed by atoms with Crippen LogP contribution in [0.2, 0.25) is 5.02 Å². The normalized spacial score (nSPS) is 11.3. The van der Waals surface area contributed by atoms with Crippen LogP contribution in [0.4, 0.5) is 5.69 Å². The van der Waals surface area contributed by atoms with E-state index in [1.165, 1.54) is 11.8 Å². The van der Waals surface area contributed by atoms with Crippen LogP contribution in [-0.4, -0.2) is 31.4 Å². The Morgan fingerprint density at radius 1 is 1.03 bits per heavy atom. The van der Waals surface area contributed by atoms with Crippen LogP contribution in [-0.2, 0) is 4.79 Å². The highest BCUT2D eigenvalue weighted by atomic mass is 35.5. The second-order valence-electron chi connectivity index (χ2n) is 8.44. The van der Waals surface area contributed by atoms with Gasteiger partial charge in [-0.1, -0.05) is 73.6 Å². The molecule has 35 heavy (non-hydrogen) atoms. The average molecular weight is 502 g/mol. The third-order valence-corrected chi connectivity index (χ3v) is 6.92. The van der Waals surface area contributed by atoms with Gasteiger partial charge in [-0.25, -0.2) is 0 Å². The van der Waals surface area contributed by atoms with Crippen LogP contribution >= 0.6 is 23.4 Å². The molecule has 5 rings (SSSR count). The van der Waals surface area contributed by atoms with Gasteiger partial charge in [0.25, 0.3) is 0 Å². The smallest absolute Gasteiger partial charge is 0.234 e. The number of nitrogens with zero attached hydrogens (tertiary/aromatic N) is 3. The molecule has 0 fully saturated rings. The molecule has 1 amide bonds. The number of amides is 1. The van der Waals surface area contributed by atoms with Crippen molar-refractivity contribution in [1.29, 1.82) is 0 Å². The molecule has 2 heterocycles. The molecular formula is C27H24ClN5OS. The van der Waals surface area contributed by atoms with Gasteiger partial charge in [0.1, 0.15) is 0 Å². The Hall–Kier alpha value is -3.55. The fraction of sp³-hybridized carbons (Fsp3) is 0.148. The van der Waals surface area contributed by atoms with Crippen molar-refractivity contribution in [3.8, 4) is 17.1 Å². The van der Waals surface area contributed by atoms with Crippen molar-refractivity contribution < 1.29 is 4.79 Å². The van der Waals surface area contributed by atoms with Gasteiger partial charge in [0.15, 0.2) is 11.0 Å². The Morgan fingerprint density at radius 2 is 1.77 bits per heavy atom. The van der Waals surface area contributed by atoms with Crippen LogP contribution in [0.25, 0.3) is 28.0 Å². The molecule has 0 aliphatic carbocycles. The molecule has 0 unspecified atom stereocenters. The van der Waals surface area contributed by atoms with Crippen molar-refractivity contribution in [1.82, 2.24) is 19.7 Å². The van der Waals surface area contributed by atoms with E-state index in [0.717, 1.165) is 33.4 Å². The molecule has 0 bridgehead atoms. The van der Waals surface area contributed by atoms with E-state index in [4.69, 9.17) is 11.6 Å². The number of fused-ring (bicyclic) bond motifs is 1. The molecule has 6 nitrogen and oxygen atoms in total. The van der Waals surface area contributed by atoms with Gasteiger partial charge in [0, 0.05) is 39.1 Å². The average Bonchev–Trinajstić information content (AvgIpc) is 3.47. The summed E-state index contributed by atoms with van der Waals surface area (Å²) >= 11 is 7.49. The number of thioether (sulfide) groups is 1. The second kappa shape index (κ2) is 9.98. The van der Waals surface area contributed by atoms with E-state index in [9.17, 15) is 4.79 Å². The molecule has 0 radical (unpaired) electrons. The topological polar surface area (TPSA) is 75.6 Å². The summed E-state index contributed by atoms with van der Waals surface area (Å²) in [5.41, 5.74) is 4.77. The fourth-order valence-corrected chi connectivity index (χ4v) is 4.93. The maximum Gasteiger partial charge on any atom is 0.234 e. The van der Waals surface area contributed by atoms with E-state index < -0.39 is 0 Å². The minimum absolute atomic E-state index is 0.0950. The predicted molar refractivity (Wildman–Crippen MR) is 144 cm³/mol. The van der Waals surface area contributed by atoms with Crippen molar-refractivity contribution in [3.05, 3.63) is 89.6 Å². The number of para-hydroxylation sites is 2. The number of carbonyl (C=O) groups is 1. The third-order valence-electron chi connectivity index (χ3n) is 5.74. The number of aromatic amines is 1. The second-order valence-corrected chi connectivity index (χ2v) is 9.82. The molecule has 2 aromatic heterocycles. The lowest BCUT2D eigenvalue weighted by molar-refractivity contribution is -0.113. The molecule has 0 aliphatic heterocycles. The zero-order valence-electron chi connectivity index (χ0n) is 19.3. The van der Waals surface area contributed by atoms with Crippen molar-refractivity contribution in [2.24, 2.45) is 0 Å². The van der Waals surface area contributed by atoms with Crippen LogP contribution in [0.1, 0.15) is 25.3 Å². The summed E-state index contributed by atoms with van der Waals surface area (Å²) in [4.78, 5) is 16.2. The minimum Gasteiger partial charge on any atom is -0.360 e. The first kappa shape index (κ1) is 23.2. The van der Waals surface area contributed by atoms with Gasteiger partial charge < -0.3 is 10.3 Å². The van der Waals surface area contributed by atoms with Gasteiger partial charge in [0.05, 0.1) is 5.75 Å². The summed E-state index contributed by atoms with van der Waals surface area (Å²) in [6.07, 6.45) is 1.94. The molecule has 2 N–H and O–H groups in total. The summed E-state index contributed by atoms with van der Waals surface area (Å²) < 4.78 is 1.96. The van der Waals surface area contributed by atoms with Crippen molar-refractivity contribution >= 4 is 45.9 Å². The highest BCUT2D eigenvalue weighted by Crippen LogP contribution is 2.33. The van der Waals surface area contributed by atoms with Crippen LogP contribution < -0.4 is 5.32 Å². The number of H-pyrrole nitrogens is 1. The Labute approximate surface area is 212 Å². The van der Waals surface area contributed by atoms with Gasteiger partial charge in [-0.05, 0) is 47.9 Å². The first-order chi connectivity index (χ1) is 17.0. The van der Waals surface area contributed by atoms with Gasteiger partial charge in [-0.3, -0.25) is 9.36 Å². The van der Waals surface area contributed by atoms with Crippen LogP contribution in [0.15, 0.2) is 84.1 Å². The Kier molecular flexibility index (Phi) is 6.61. The summed E-state index contributed by atoms with van der Waals surface area (Å²) in [7, 11) is 0. The summed E-state index contributed by atoms with van der Waals surface area (Å²) in [6, 6.07) is 23.5. The van der Waals surface area contributed by atoms with Gasteiger partial charge >= 0.3 is 0 Å². The zero-order chi connectivity index (χ0) is 24.4. The highest BCUT2D eigenvalue weighted by molar-refractivity contribution is 7.99. The number of carbonyl (C=O) groups excluding carboxylic acids is 1. The van der Waals surface area contributed by atoms with E-state index in [0.29, 0.717) is 21.9 Å². The number of hydrogen-bond acceptors (Lipinski definition) is 4. The molecule has 0 atom stereocenters. The first-order valence-electron chi connectivity index (χ1n) is 11.3. The van der Waals surface area contributed by atoms with Crippen LogP contribution in [0.3, 0.4) is 0 Å². The van der Waals surface area contributed by atoms with Crippen LogP contribution in [0.5, 0.6) is 0 Å². The van der Waals surface area contributed by atoms with E-state index in [-0.39, 0.29) is 11.7 Å².